The number of hydrogen-bond donors (Lipinski definition) is 0. The van der Waals surface area contributed by atoms with Crippen molar-refractivity contribution < 1.29 is 0 Å². The molecule has 0 fully saturated rings. The van der Waals surface area contributed by atoms with Gasteiger partial charge in [0.1, 0.15) is 0 Å². The smallest absolute Gasteiger partial charge is 0.0125 e. The van der Waals surface area contributed by atoms with Gasteiger partial charge in [0.05, 0.1) is 0 Å². The van der Waals surface area contributed by atoms with Crippen LogP contribution in [0.1, 0.15) is 22.3 Å². The number of aryl methyl sites for hydroxylation is 4. The number of benzene rings is 4. The number of rotatable bonds is 0. The Kier molecular flexibility index (Phi) is 4.66. The van der Waals surface area contributed by atoms with Gasteiger partial charge in [-0.1, -0.05) is 72.8 Å². The highest BCUT2D eigenvalue weighted by molar-refractivity contribution is 5.89. The quantitative estimate of drug-likeness (QED) is 0.331. The molecule has 4 aromatic carbocycles. The van der Waals surface area contributed by atoms with Gasteiger partial charge in [0.25, 0.3) is 0 Å². The SMILES string of the molecule is Cc1cccc2c(C)cccc12.Cc1cccc2cccc(C)c12. The Hall–Kier alpha value is -2.60. The Morgan fingerprint density at radius 1 is 0.417 bits per heavy atom. The van der Waals surface area contributed by atoms with Crippen LogP contribution in [0.4, 0.5) is 0 Å². The van der Waals surface area contributed by atoms with E-state index in [9.17, 15) is 0 Å². The molecule has 0 heterocycles. The van der Waals surface area contributed by atoms with Crippen LogP contribution in [0.3, 0.4) is 0 Å². The van der Waals surface area contributed by atoms with Crippen LogP contribution in [0.25, 0.3) is 21.5 Å². The molecule has 0 radical (unpaired) electrons. The summed E-state index contributed by atoms with van der Waals surface area (Å²) < 4.78 is 0. The van der Waals surface area contributed by atoms with E-state index in [1.165, 1.54) is 43.8 Å². The topological polar surface area (TPSA) is 0 Å². The first-order valence-electron chi connectivity index (χ1n) is 8.48. The highest BCUT2D eigenvalue weighted by Gasteiger charge is 1.98. The van der Waals surface area contributed by atoms with Crippen molar-refractivity contribution in [3.8, 4) is 0 Å². The van der Waals surface area contributed by atoms with Crippen molar-refractivity contribution in [2.45, 2.75) is 27.7 Å². The van der Waals surface area contributed by atoms with Crippen LogP contribution < -0.4 is 0 Å². The molecule has 0 nitrogen and oxygen atoms in total. The Morgan fingerprint density at radius 2 is 0.792 bits per heavy atom. The van der Waals surface area contributed by atoms with E-state index in [1.807, 2.05) is 0 Å². The molecular weight excluding hydrogens is 288 g/mol. The standard InChI is InChI=1S/2C12H12/c1-9-5-3-8-12-10(2)6-4-7-11(9)12;1-9-5-3-7-11-8-4-6-10(2)12(9)11/h2*3-8H,1-2H3. The molecule has 4 rings (SSSR count). The fourth-order valence-electron chi connectivity index (χ4n) is 3.37. The van der Waals surface area contributed by atoms with Gasteiger partial charge in [-0.2, -0.15) is 0 Å². The van der Waals surface area contributed by atoms with Crippen LogP contribution in [0, 0.1) is 27.7 Å². The predicted molar refractivity (Wildman–Crippen MR) is 107 cm³/mol. The van der Waals surface area contributed by atoms with E-state index in [-0.39, 0.29) is 0 Å². The first-order valence-corrected chi connectivity index (χ1v) is 8.48. The minimum absolute atomic E-state index is 1.34. The van der Waals surface area contributed by atoms with Gasteiger partial charge in [0.2, 0.25) is 0 Å². The lowest BCUT2D eigenvalue weighted by Gasteiger charge is -2.04. The van der Waals surface area contributed by atoms with Crippen molar-refractivity contribution in [3.63, 3.8) is 0 Å². The summed E-state index contributed by atoms with van der Waals surface area (Å²) in [5, 5.41) is 5.49. The highest BCUT2D eigenvalue weighted by atomic mass is 14.0. The molecule has 0 N–H and O–H groups in total. The molecule has 0 saturated carbocycles. The third-order valence-corrected chi connectivity index (χ3v) is 4.68. The van der Waals surface area contributed by atoms with Gasteiger partial charge in [-0.05, 0) is 71.5 Å². The molecule has 0 heteroatoms. The molecule has 0 aliphatic carbocycles. The summed E-state index contributed by atoms with van der Waals surface area (Å²) >= 11 is 0. The highest BCUT2D eigenvalue weighted by Crippen LogP contribution is 2.22. The minimum Gasteiger partial charge on any atom is -0.0614 e. The molecule has 4 aromatic rings. The van der Waals surface area contributed by atoms with Crippen molar-refractivity contribution >= 4 is 21.5 Å². The molecule has 0 spiro atoms. The van der Waals surface area contributed by atoms with E-state index in [2.05, 4.69) is 100 Å². The second-order valence-corrected chi connectivity index (χ2v) is 6.49. The summed E-state index contributed by atoms with van der Waals surface area (Å²) in [5.74, 6) is 0. The van der Waals surface area contributed by atoms with Crippen LogP contribution in [0.15, 0.2) is 72.8 Å². The molecular formula is C24H24. The van der Waals surface area contributed by atoms with Gasteiger partial charge in [-0.3, -0.25) is 0 Å². The zero-order chi connectivity index (χ0) is 17.1. The molecule has 120 valence electrons. The van der Waals surface area contributed by atoms with E-state index in [0.29, 0.717) is 0 Å². The van der Waals surface area contributed by atoms with Crippen LogP contribution in [-0.2, 0) is 0 Å². The maximum Gasteiger partial charge on any atom is -0.0125 e. The number of fused-ring (bicyclic) bond motifs is 2. The number of hydrogen-bond acceptors (Lipinski definition) is 0. The Morgan fingerprint density at radius 3 is 1.21 bits per heavy atom. The predicted octanol–water partition coefficient (Wildman–Crippen LogP) is 6.91. The van der Waals surface area contributed by atoms with Crippen molar-refractivity contribution in [2.24, 2.45) is 0 Å². The van der Waals surface area contributed by atoms with Crippen molar-refractivity contribution in [1.29, 1.82) is 0 Å². The molecule has 24 heavy (non-hydrogen) atoms. The molecule has 0 bridgehead atoms. The molecule has 0 aliphatic rings. The molecule has 0 unspecified atom stereocenters. The van der Waals surface area contributed by atoms with Gasteiger partial charge in [-0.25, -0.2) is 0 Å². The normalized spacial score (nSPS) is 10.5. The third-order valence-electron chi connectivity index (χ3n) is 4.68. The first kappa shape index (κ1) is 16.3. The van der Waals surface area contributed by atoms with Gasteiger partial charge >= 0.3 is 0 Å². The average Bonchev–Trinajstić information content (AvgIpc) is 2.57. The largest absolute Gasteiger partial charge is 0.0614 e. The van der Waals surface area contributed by atoms with E-state index in [0.717, 1.165) is 0 Å². The van der Waals surface area contributed by atoms with Gasteiger partial charge in [-0.15, -0.1) is 0 Å². The fourth-order valence-corrected chi connectivity index (χ4v) is 3.37. The lowest BCUT2D eigenvalue weighted by Crippen LogP contribution is -1.81. The van der Waals surface area contributed by atoms with E-state index >= 15 is 0 Å². The summed E-state index contributed by atoms with van der Waals surface area (Å²) in [7, 11) is 0. The lowest BCUT2D eigenvalue weighted by atomic mass is 10.0. The average molecular weight is 312 g/mol. The minimum atomic E-state index is 1.34. The van der Waals surface area contributed by atoms with Crippen molar-refractivity contribution in [3.05, 3.63) is 95.1 Å². The zero-order valence-corrected chi connectivity index (χ0v) is 14.9. The maximum atomic E-state index is 2.18. The van der Waals surface area contributed by atoms with Crippen LogP contribution in [0.5, 0.6) is 0 Å². The third kappa shape index (κ3) is 3.19. The van der Waals surface area contributed by atoms with E-state index in [4.69, 9.17) is 0 Å². The molecule has 0 aromatic heterocycles. The zero-order valence-electron chi connectivity index (χ0n) is 14.9. The van der Waals surface area contributed by atoms with Crippen LogP contribution in [0.2, 0.25) is 0 Å². The second kappa shape index (κ2) is 6.88. The Balaban J connectivity index is 0.000000141. The molecule has 0 atom stereocenters. The monoisotopic (exact) mass is 312 g/mol. The van der Waals surface area contributed by atoms with E-state index in [1.54, 1.807) is 0 Å². The maximum absolute atomic E-state index is 2.18. The van der Waals surface area contributed by atoms with Crippen molar-refractivity contribution in [2.75, 3.05) is 0 Å². The Labute approximate surface area is 144 Å². The van der Waals surface area contributed by atoms with Gasteiger partial charge < -0.3 is 0 Å². The second-order valence-electron chi connectivity index (χ2n) is 6.49. The summed E-state index contributed by atoms with van der Waals surface area (Å²) in [6.45, 7) is 8.63. The van der Waals surface area contributed by atoms with Crippen LogP contribution in [-0.4, -0.2) is 0 Å². The summed E-state index contributed by atoms with van der Waals surface area (Å²) in [6.07, 6.45) is 0. The van der Waals surface area contributed by atoms with E-state index < -0.39 is 0 Å². The van der Waals surface area contributed by atoms with Crippen LogP contribution >= 0.6 is 0 Å². The molecule has 0 saturated heterocycles. The van der Waals surface area contributed by atoms with Crippen molar-refractivity contribution in [1.82, 2.24) is 0 Å². The first-order chi connectivity index (χ1) is 11.6. The van der Waals surface area contributed by atoms with Gasteiger partial charge in [0, 0.05) is 0 Å². The lowest BCUT2D eigenvalue weighted by molar-refractivity contribution is 1.46. The summed E-state index contributed by atoms with van der Waals surface area (Å²) in [6, 6.07) is 25.8. The molecule has 0 amide bonds. The Bertz CT molecular complexity index is 915. The fraction of sp³-hybridized carbons (Fsp3) is 0.167. The molecule has 0 aliphatic heterocycles. The summed E-state index contributed by atoms with van der Waals surface area (Å²) in [5.41, 5.74) is 5.45. The van der Waals surface area contributed by atoms with Gasteiger partial charge in [0.15, 0.2) is 0 Å². The summed E-state index contributed by atoms with van der Waals surface area (Å²) in [4.78, 5) is 0.